The highest BCUT2D eigenvalue weighted by atomic mass is 16.5. The number of hydrogen-bond donors (Lipinski definition) is 0. The van der Waals surface area contributed by atoms with E-state index in [9.17, 15) is 6.17 Å². The Morgan fingerprint density at radius 1 is 1.36 bits per heavy atom. The predicted octanol–water partition coefficient (Wildman–Crippen LogP) is 2.81. The summed E-state index contributed by atoms with van der Waals surface area (Å²) < 4.78 is 14.6. The number of methoxy groups -OCH3 is 1. The van der Waals surface area contributed by atoms with Gasteiger partial charge >= 0.3 is 5.97 Å². The highest BCUT2D eigenvalue weighted by molar-refractivity contribution is 5.78. The number of piperidine rings is 1. The zero-order valence-electron chi connectivity index (χ0n) is 16.2. The number of anilines is 1. The lowest BCUT2D eigenvalue weighted by Gasteiger charge is -2.54. The highest BCUT2D eigenvalue weighted by Gasteiger charge is 2.67. The lowest BCUT2D eigenvalue weighted by molar-refractivity contribution is -0.150. The van der Waals surface area contributed by atoms with E-state index in [0.717, 1.165) is 32.5 Å². The number of carbonyl (C=O) groups excluding carboxylic acids is 1. The van der Waals surface area contributed by atoms with Crippen LogP contribution < -0.4 is 4.90 Å². The molecule has 4 heteroatoms. The molecule has 2 saturated heterocycles. The van der Waals surface area contributed by atoms with Crippen molar-refractivity contribution in [3.8, 4) is 0 Å². The largest absolute Gasteiger partial charge is 0.469 e. The van der Waals surface area contributed by atoms with E-state index in [0.29, 0.717) is 18.4 Å². The minimum Gasteiger partial charge on any atom is -0.469 e. The lowest BCUT2D eigenvalue weighted by Crippen LogP contribution is -2.64. The third kappa shape index (κ3) is 1.84. The Labute approximate surface area is 151 Å². The topological polar surface area (TPSA) is 32.8 Å². The van der Waals surface area contributed by atoms with Gasteiger partial charge < -0.3 is 9.64 Å². The molecule has 4 aliphatic rings. The summed E-state index contributed by atoms with van der Waals surface area (Å²) in [6.07, 6.45) is 3.97. The molecule has 0 aromatic heterocycles. The van der Waals surface area contributed by atoms with Crippen molar-refractivity contribution < 1.29 is 10.9 Å². The first-order valence-electron chi connectivity index (χ1n) is 10.3. The number of nitrogens with zero attached hydrogens (tertiary/aromatic N) is 2. The van der Waals surface area contributed by atoms with Gasteiger partial charge in [-0.1, -0.05) is 18.2 Å². The normalized spacial score (nSPS) is 42.4. The van der Waals surface area contributed by atoms with E-state index in [1.165, 1.54) is 24.8 Å². The van der Waals surface area contributed by atoms with Gasteiger partial charge in [-0.25, -0.2) is 0 Å². The third-order valence-corrected chi connectivity index (χ3v) is 7.32. The van der Waals surface area contributed by atoms with Crippen LogP contribution in [0.2, 0.25) is 0 Å². The Morgan fingerprint density at radius 3 is 3.00 bits per heavy atom. The highest BCUT2D eigenvalue weighted by Crippen LogP contribution is 2.62. The maximum absolute atomic E-state index is 12.9. The third-order valence-electron chi connectivity index (χ3n) is 7.32. The van der Waals surface area contributed by atoms with Crippen molar-refractivity contribution in [3.05, 3.63) is 29.8 Å². The molecule has 4 nitrogen and oxygen atoms in total. The molecule has 0 radical (unpaired) electrons. The minimum absolute atomic E-state index is 0.119. The molecule has 5 rings (SSSR count). The number of rotatable bonds is 2. The smallest absolute Gasteiger partial charge is 0.310 e. The van der Waals surface area contributed by atoms with Crippen molar-refractivity contribution in [3.63, 3.8) is 0 Å². The van der Waals surface area contributed by atoms with E-state index in [2.05, 4.69) is 41.0 Å². The maximum Gasteiger partial charge on any atom is 0.310 e. The van der Waals surface area contributed by atoms with E-state index in [4.69, 9.17) is 4.74 Å². The molecule has 1 aromatic rings. The quantitative estimate of drug-likeness (QED) is 0.775. The maximum atomic E-state index is 12.9. The van der Waals surface area contributed by atoms with Gasteiger partial charge in [0.15, 0.2) is 0 Å². The van der Waals surface area contributed by atoms with Gasteiger partial charge in [-0.05, 0) is 63.2 Å². The Hall–Kier alpha value is -1.55. The fraction of sp³-hybridized carbons (Fsp3) is 0.667. The number of ether oxygens (including phenoxy) is 1. The van der Waals surface area contributed by atoms with Gasteiger partial charge in [-0.2, -0.15) is 0 Å². The summed E-state index contributed by atoms with van der Waals surface area (Å²) >= 11 is 0. The summed E-state index contributed by atoms with van der Waals surface area (Å²) in [5.41, 5.74) is 2.48. The number of benzene rings is 1. The van der Waals surface area contributed by atoms with E-state index >= 15 is 0 Å². The van der Waals surface area contributed by atoms with Gasteiger partial charge in [0.05, 0.1) is 19.0 Å². The first-order chi connectivity index (χ1) is 12.6. The van der Waals surface area contributed by atoms with E-state index in [1.54, 1.807) is 0 Å². The van der Waals surface area contributed by atoms with E-state index < -0.39 is 5.89 Å². The Balaban J connectivity index is 1.77. The molecule has 3 fully saturated rings. The summed E-state index contributed by atoms with van der Waals surface area (Å²) in [5.74, 6) is -1.14. The standard InChI is InChI=1S/C21H28N2O2/c1-3-23-17-9-5-4-8-16(17)21-10-12-22-11-6-7-14(18(21)22)13-15(19(21)23)20(24)25-2/h4-5,8-9,14-15,18-19H,3,6-7,10-13H2,1-2H3/t14-,15+,18+,19?,21-/m1/s1/i15D. The number of esters is 1. The zero-order chi connectivity index (χ0) is 18.1. The average molecular weight is 341 g/mol. The van der Waals surface area contributed by atoms with Crippen LogP contribution in [0.3, 0.4) is 0 Å². The molecule has 0 N–H and O–H groups in total. The van der Waals surface area contributed by atoms with Crippen LogP contribution in [0.25, 0.3) is 0 Å². The van der Waals surface area contributed by atoms with Crippen molar-refractivity contribution in [1.29, 1.82) is 0 Å². The summed E-state index contributed by atoms with van der Waals surface area (Å²) in [6.45, 7) is 5.21. The van der Waals surface area contributed by atoms with Crippen molar-refractivity contribution in [2.75, 3.05) is 31.6 Å². The van der Waals surface area contributed by atoms with Gasteiger partial charge in [0, 0.05) is 25.1 Å². The molecule has 1 aromatic carbocycles. The fourth-order valence-corrected chi connectivity index (χ4v) is 6.69. The Bertz CT molecular complexity index is 755. The van der Waals surface area contributed by atoms with Crippen LogP contribution >= 0.6 is 0 Å². The number of likely N-dealkylation sites (N-methyl/N-ethyl adjacent to an activating group) is 1. The summed E-state index contributed by atoms with van der Waals surface area (Å²) in [6, 6.07) is 8.99. The molecule has 5 atom stereocenters. The SMILES string of the molecule is [2H][C@]1(C(=O)OC)C[C@H]2CCCN3CC[C@@]4(c5ccccc5N(CC)C41)[C@H]23. The molecule has 0 bridgehead atoms. The number of para-hydroxylation sites is 1. The van der Waals surface area contributed by atoms with Crippen LogP contribution in [0.15, 0.2) is 24.3 Å². The van der Waals surface area contributed by atoms with Crippen molar-refractivity contribution in [2.24, 2.45) is 11.8 Å². The molecule has 1 saturated carbocycles. The first-order valence-corrected chi connectivity index (χ1v) is 9.76. The summed E-state index contributed by atoms with van der Waals surface area (Å²) in [4.78, 5) is 17.9. The monoisotopic (exact) mass is 341 g/mol. The van der Waals surface area contributed by atoms with Gasteiger partial charge in [-0.3, -0.25) is 9.69 Å². The van der Waals surface area contributed by atoms with Crippen LogP contribution in [0.4, 0.5) is 5.69 Å². The predicted molar refractivity (Wildman–Crippen MR) is 97.8 cm³/mol. The minimum atomic E-state index is -1.20. The van der Waals surface area contributed by atoms with Crippen molar-refractivity contribution >= 4 is 11.7 Å². The number of fused-ring (bicyclic) bond motifs is 1. The van der Waals surface area contributed by atoms with Gasteiger partial charge in [0.25, 0.3) is 0 Å². The number of hydrogen-bond acceptors (Lipinski definition) is 4. The van der Waals surface area contributed by atoms with Crippen molar-refractivity contribution in [2.45, 2.75) is 50.1 Å². The molecule has 3 heterocycles. The molecule has 134 valence electrons. The van der Waals surface area contributed by atoms with Crippen LogP contribution in [0, 0.1) is 11.8 Å². The summed E-state index contributed by atoms with van der Waals surface area (Å²) in [7, 11) is 1.44. The molecule has 1 unspecified atom stereocenters. The molecular weight excluding hydrogens is 312 g/mol. The average Bonchev–Trinajstić information content (AvgIpc) is 3.20. The fourth-order valence-electron chi connectivity index (χ4n) is 6.69. The van der Waals surface area contributed by atoms with E-state index in [1.807, 2.05) is 0 Å². The second-order valence-corrected chi connectivity index (χ2v) is 8.10. The molecule has 1 spiro atoms. The Morgan fingerprint density at radius 2 is 2.20 bits per heavy atom. The van der Waals surface area contributed by atoms with Crippen molar-refractivity contribution in [1.82, 2.24) is 4.90 Å². The van der Waals surface area contributed by atoms with Crippen LogP contribution in [-0.4, -0.2) is 49.7 Å². The molecular formula is C21H28N2O2. The Kier molecular flexibility index (Phi) is 3.20. The van der Waals surface area contributed by atoms with E-state index in [-0.39, 0.29) is 17.4 Å². The summed E-state index contributed by atoms with van der Waals surface area (Å²) in [5, 5.41) is 0. The first kappa shape index (κ1) is 14.6. The van der Waals surface area contributed by atoms with Crippen LogP contribution in [0.1, 0.15) is 39.5 Å². The van der Waals surface area contributed by atoms with Gasteiger partial charge in [0.2, 0.25) is 0 Å². The molecule has 0 amide bonds. The zero-order valence-corrected chi connectivity index (χ0v) is 15.2. The second-order valence-electron chi connectivity index (χ2n) is 8.10. The second kappa shape index (κ2) is 5.47. The van der Waals surface area contributed by atoms with Gasteiger partial charge in [0.1, 0.15) is 0 Å². The van der Waals surface area contributed by atoms with Gasteiger partial charge in [-0.15, -0.1) is 0 Å². The molecule has 1 aliphatic carbocycles. The van der Waals surface area contributed by atoms with Crippen LogP contribution in [0.5, 0.6) is 0 Å². The lowest BCUT2D eigenvalue weighted by atomic mass is 9.56. The van der Waals surface area contributed by atoms with Crippen LogP contribution in [-0.2, 0) is 14.9 Å². The number of carbonyl (C=O) groups is 1. The molecule has 25 heavy (non-hydrogen) atoms. The molecule has 3 aliphatic heterocycles.